The SMILES string of the molecule is COC(=O)CSc1n[nH]c(-c2ccccc2F)n1. The maximum absolute atomic E-state index is 13.5. The smallest absolute Gasteiger partial charge is 0.316 e. The summed E-state index contributed by atoms with van der Waals surface area (Å²) in [5.74, 6) is -0.290. The van der Waals surface area contributed by atoms with Gasteiger partial charge >= 0.3 is 5.97 Å². The minimum atomic E-state index is -0.377. The summed E-state index contributed by atoms with van der Waals surface area (Å²) in [7, 11) is 1.31. The molecular formula is C11H10FN3O2S. The van der Waals surface area contributed by atoms with Gasteiger partial charge < -0.3 is 4.74 Å². The van der Waals surface area contributed by atoms with Crippen LogP contribution in [0.2, 0.25) is 0 Å². The average molecular weight is 267 g/mol. The van der Waals surface area contributed by atoms with Gasteiger partial charge in [-0.25, -0.2) is 9.37 Å². The highest BCUT2D eigenvalue weighted by molar-refractivity contribution is 7.99. The lowest BCUT2D eigenvalue weighted by Gasteiger charge is -1.96. The normalized spacial score (nSPS) is 10.3. The second-order valence-corrected chi connectivity index (χ2v) is 4.25. The van der Waals surface area contributed by atoms with Crippen molar-refractivity contribution >= 4 is 17.7 Å². The Kier molecular flexibility index (Phi) is 3.93. The highest BCUT2D eigenvalue weighted by atomic mass is 32.2. The van der Waals surface area contributed by atoms with Gasteiger partial charge in [-0.1, -0.05) is 23.9 Å². The van der Waals surface area contributed by atoms with Gasteiger partial charge in [-0.3, -0.25) is 9.89 Å². The van der Waals surface area contributed by atoms with E-state index in [-0.39, 0.29) is 17.5 Å². The number of esters is 1. The topological polar surface area (TPSA) is 67.9 Å². The van der Waals surface area contributed by atoms with E-state index in [0.29, 0.717) is 16.5 Å². The predicted octanol–water partition coefficient (Wildman–Crippen LogP) is 1.88. The fourth-order valence-corrected chi connectivity index (χ4v) is 1.90. The van der Waals surface area contributed by atoms with Crippen molar-refractivity contribution in [3.8, 4) is 11.4 Å². The number of carbonyl (C=O) groups excluding carboxylic acids is 1. The summed E-state index contributed by atoms with van der Waals surface area (Å²) in [5.41, 5.74) is 0.343. The van der Waals surface area contributed by atoms with E-state index in [4.69, 9.17) is 0 Å². The summed E-state index contributed by atoms with van der Waals surface area (Å²) >= 11 is 1.12. The number of nitrogens with zero attached hydrogens (tertiary/aromatic N) is 2. The largest absolute Gasteiger partial charge is 0.468 e. The fraction of sp³-hybridized carbons (Fsp3) is 0.182. The molecule has 7 heteroatoms. The molecule has 1 N–H and O–H groups in total. The van der Waals surface area contributed by atoms with Gasteiger partial charge in [0.05, 0.1) is 18.4 Å². The van der Waals surface area contributed by atoms with Crippen LogP contribution in [0.3, 0.4) is 0 Å². The second-order valence-electron chi connectivity index (χ2n) is 3.31. The third-order valence-corrected chi connectivity index (χ3v) is 2.96. The Morgan fingerprint density at radius 1 is 1.50 bits per heavy atom. The molecule has 0 aliphatic carbocycles. The molecule has 1 aromatic carbocycles. The summed E-state index contributed by atoms with van der Waals surface area (Å²) in [5, 5.41) is 6.90. The standard InChI is InChI=1S/C11H10FN3O2S/c1-17-9(16)6-18-11-13-10(14-15-11)7-4-2-3-5-8(7)12/h2-5H,6H2,1H3,(H,13,14,15). The molecule has 18 heavy (non-hydrogen) atoms. The lowest BCUT2D eigenvalue weighted by atomic mass is 10.2. The highest BCUT2D eigenvalue weighted by Gasteiger charge is 2.11. The molecule has 0 spiro atoms. The minimum Gasteiger partial charge on any atom is -0.468 e. The highest BCUT2D eigenvalue weighted by Crippen LogP contribution is 2.21. The zero-order valence-electron chi connectivity index (χ0n) is 9.51. The fourth-order valence-electron chi connectivity index (χ4n) is 1.27. The summed E-state index contributed by atoms with van der Waals surface area (Å²) in [4.78, 5) is 15.0. The number of halogens is 1. The van der Waals surface area contributed by atoms with Crippen LogP contribution in [-0.2, 0) is 9.53 Å². The van der Waals surface area contributed by atoms with Crippen LogP contribution in [0.4, 0.5) is 4.39 Å². The van der Waals surface area contributed by atoms with Crippen molar-refractivity contribution in [2.45, 2.75) is 5.16 Å². The Bertz CT molecular complexity index is 559. The first-order valence-electron chi connectivity index (χ1n) is 5.07. The summed E-state index contributed by atoms with van der Waals surface area (Å²) in [6.45, 7) is 0. The molecule has 0 saturated heterocycles. The molecule has 0 radical (unpaired) electrons. The minimum absolute atomic E-state index is 0.116. The molecule has 2 aromatic rings. The maximum Gasteiger partial charge on any atom is 0.316 e. The Balaban J connectivity index is 2.11. The van der Waals surface area contributed by atoms with E-state index >= 15 is 0 Å². The molecule has 0 fully saturated rings. The monoisotopic (exact) mass is 267 g/mol. The van der Waals surface area contributed by atoms with Crippen molar-refractivity contribution in [1.82, 2.24) is 15.2 Å². The van der Waals surface area contributed by atoms with E-state index in [1.54, 1.807) is 18.2 Å². The molecule has 0 unspecified atom stereocenters. The number of hydrogen-bond acceptors (Lipinski definition) is 5. The lowest BCUT2D eigenvalue weighted by molar-refractivity contribution is -0.137. The molecule has 2 rings (SSSR count). The molecule has 0 amide bonds. The van der Waals surface area contributed by atoms with Gasteiger partial charge in [-0.15, -0.1) is 5.10 Å². The van der Waals surface area contributed by atoms with Gasteiger partial charge in [0.1, 0.15) is 5.82 Å². The van der Waals surface area contributed by atoms with Gasteiger partial charge in [0.2, 0.25) is 5.16 Å². The van der Waals surface area contributed by atoms with E-state index < -0.39 is 0 Å². The molecule has 0 atom stereocenters. The number of benzene rings is 1. The van der Waals surface area contributed by atoms with Crippen LogP contribution in [0.5, 0.6) is 0 Å². The molecule has 1 heterocycles. The van der Waals surface area contributed by atoms with Crippen molar-refractivity contribution in [2.24, 2.45) is 0 Å². The lowest BCUT2D eigenvalue weighted by Crippen LogP contribution is -2.03. The zero-order valence-corrected chi connectivity index (χ0v) is 10.3. The number of nitrogens with one attached hydrogen (secondary N) is 1. The first kappa shape index (κ1) is 12.6. The molecule has 0 saturated carbocycles. The Hall–Kier alpha value is -1.89. The molecule has 0 bridgehead atoms. The van der Waals surface area contributed by atoms with E-state index in [1.165, 1.54) is 13.2 Å². The van der Waals surface area contributed by atoms with Crippen molar-refractivity contribution in [2.75, 3.05) is 12.9 Å². The number of rotatable bonds is 4. The summed E-state index contributed by atoms with van der Waals surface area (Å²) in [6.07, 6.45) is 0. The number of H-pyrrole nitrogens is 1. The molecule has 94 valence electrons. The van der Waals surface area contributed by atoms with Gasteiger partial charge in [0.15, 0.2) is 5.82 Å². The molecule has 0 aliphatic rings. The average Bonchev–Trinajstić information content (AvgIpc) is 2.85. The van der Waals surface area contributed by atoms with Crippen molar-refractivity contribution in [3.63, 3.8) is 0 Å². The van der Waals surface area contributed by atoms with Crippen LogP contribution < -0.4 is 0 Å². The number of carbonyl (C=O) groups is 1. The second kappa shape index (κ2) is 5.63. The third-order valence-electron chi connectivity index (χ3n) is 2.14. The van der Waals surface area contributed by atoms with Crippen LogP contribution >= 0.6 is 11.8 Å². The van der Waals surface area contributed by atoms with E-state index in [9.17, 15) is 9.18 Å². The van der Waals surface area contributed by atoms with E-state index in [1.807, 2.05) is 0 Å². The summed E-state index contributed by atoms with van der Waals surface area (Å²) < 4.78 is 18.0. The quantitative estimate of drug-likeness (QED) is 0.676. The van der Waals surface area contributed by atoms with Crippen LogP contribution in [-0.4, -0.2) is 34.0 Å². The van der Waals surface area contributed by atoms with Gasteiger partial charge in [0, 0.05) is 0 Å². The van der Waals surface area contributed by atoms with Crippen LogP contribution in [0.1, 0.15) is 0 Å². The number of thioether (sulfide) groups is 1. The van der Waals surface area contributed by atoms with E-state index in [0.717, 1.165) is 11.8 Å². The van der Waals surface area contributed by atoms with Crippen molar-refractivity contribution in [1.29, 1.82) is 0 Å². The number of methoxy groups -OCH3 is 1. The predicted molar refractivity (Wildman–Crippen MR) is 64.5 cm³/mol. The third kappa shape index (κ3) is 2.86. The Morgan fingerprint density at radius 3 is 3.00 bits per heavy atom. The maximum atomic E-state index is 13.5. The van der Waals surface area contributed by atoms with Crippen LogP contribution in [0.25, 0.3) is 11.4 Å². The Labute approximate surface area is 107 Å². The number of aromatic nitrogens is 3. The summed E-state index contributed by atoms with van der Waals surface area (Å²) in [6, 6.07) is 6.26. The van der Waals surface area contributed by atoms with Crippen LogP contribution in [0.15, 0.2) is 29.4 Å². The number of aromatic amines is 1. The Morgan fingerprint density at radius 2 is 2.28 bits per heavy atom. The first-order chi connectivity index (χ1) is 8.70. The van der Waals surface area contributed by atoms with E-state index in [2.05, 4.69) is 19.9 Å². The van der Waals surface area contributed by atoms with Crippen LogP contribution in [0, 0.1) is 5.82 Å². The molecule has 1 aromatic heterocycles. The zero-order chi connectivity index (χ0) is 13.0. The van der Waals surface area contributed by atoms with Gasteiger partial charge in [-0.05, 0) is 12.1 Å². The molecule has 0 aliphatic heterocycles. The van der Waals surface area contributed by atoms with Gasteiger partial charge in [-0.2, -0.15) is 0 Å². The number of ether oxygens (including phenoxy) is 1. The van der Waals surface area contributed by atoms with Crippen molar-refractivity contribution < 1.29 is 13.9 Å². The molecular weight excluding hydrogens is 257 g/mol. The number of hydrogen-bond donors (Lipinski definition) is 1. The molecule has 5 nitrogen and oxygen atoms in total. The van der Waals surface area contributed by atoms with Crippen molar-refractivity contribution in [3.05, 3.63) is 30.1 Å². The van der Waals surface area contributed by atoms with Gasteiger partial charge in [0.25, 0.3) is 0 Å². The first-order valence-corrected chi connectivity index (χ1v) is 6.06.